The van der Waals surface area contributed by atoms with Crippen LogP contribution in [0.3, 0.4) is 0 Å². The Morgan fingerprint density at radius 2 is 1.42 bits per heavy atom. The summed E-state index contributed by atoms with van der Waals surface area (Å²) in [6.45, 7) is 0. The number of rotatable bonds is 4. The molecule has 0 saturated heterocycles. The lowest BCUT2D eigenvalue weighted by Crippen LogP contribution is -1.89. The Morgan fingerprint density at radius 3 is 2.23 bits per heavy atom. The molecule has 0 saturated carbocycles. The summed E-state index contributed by atoms with van der Waals surface area (Å²) in [5.41, 5.74) is 6.27. The topological polar surface area (TPSA) is 0 Å². The molecular weight excluding hydrogens is 392 g/mol. The van der Waals surface area contributed by atoms with Crippen LogP contribution >= 0.6 is 11.3 Å². The van der Waals surface area contributed by atoms with E-state index in [1.54, 1.807) is 11.3 Å². The highest BCUT2D eigenvalue weighted by Gasteiger charge is 2.02. The van der Waals surface area contributed by atoms with Gasteiger partial charge in [-0.05, 0) is 63.0 Å². The molecule has 0 radical (unpaired) electrons. The van der Waals surface area contributed by atoms with Crippen molar-refractivity contribution in [3.05, 3.63) is 131 Å². The standard InChI is InChI=1S/C30H22S/c1-2-6-23(7-3-1)8-4-9-24-11-15-27-16-14-26(22-29(27)21-24)20-25-12-17-28(18-13-25)30-10-5-19-31-30/h1-3,5-7,10-19,21-22H,8,20H2. The maximum atomic E-state index is 3.32. The van der Waals surface area contributed by atoms with Gasteiger partial charge in [-0.1, -0.05) is 96.8 Å². The molecule has 1 heterocycles. The summed E-state index contributed by atoms with van der Waals surface area (Å²) in [4.78, 5) is 1.32. The van der Waals surface area contributed by atoms with Crippen molar-refractivity contribution < 1.29 is 0 Å². The van der Waals surface area contributed by atoms with Gasteiger partial charge < -0.3 is 0 Å². The highest BCUT2D eigenvalue weighted by atomic mass is 32.1. The van der Waals surface area contributed by atoms with E-state index in [0.717, 1.165) is 18.4 Å². The predicted molar refractivity (Wildman–Crippen MR) is 134 cm³/mol. The molecular formula is C30H22S. The SMILES string of the molecule is C(#Cc1ccc2ccc(Cc3ccc(-c4cccs4)cc3)cc2c1)Cc1ccccc1. The van der Waals surface area contributed by atoms with Crippen LogP contribution < -0.4 is 0 Å². The highest BCUT2D eigenvalue weighted by Crippen LogP contribution is 2.26. The van der Waals surface area contributed by atoms with Crippen molar-refractivity contribution >= 4 is 22.1 Å². The van der Waals surface area contributed by atoms with E-state index >= 15 is 0 Å². The van der Waals surface area contributed by atoms with Crippen molar-refractivity contribution in [2.45, 2.75) is 12.8 Å². The minimum absolute atomic E-state index is 0.778. The van der Waals surface area contributed by atoms with Crippen molar-refractivity contribution in [3.63, 3.8) is 0 Å². The molecule has 4 aromatic carbocycles. The Bertz CT molecular complexity index is 1350. The summed E-state index contributed by atoms with van der Waals surface area (Å²) in [6, 6.07) is 36.8. The normalized spacial score (nSPS) is 10.6. The molecule has 0 fully saturated rings. The first kappa shape index (κ1) is 19.4. The van der Waals surface area contributed by atoms with E-state index in [0.29, 0.717) is 0 Å². The van der Waals surface area contributed by atoms with Crippen LogP contribution in [0, 0.1) is 11.8 Å². The van der Waals surface area contributed by atoms with E-state index in [4.69, 9.17) is 0 Å². The van der Waals surface area contributed by atoms with Gasteiger partial charge in [-0.15, -0.1) is 11.3 Å². The van der Waals surface area contributed by atoms with Crippen molar-refractivity contribution in [2.75, 3.05) is 0 Å². The summed E-state index contributed by atoms with van der Waals surface area (Å²) < 4.78 is 0. The third-order valence-electron chi connectivity index (χ3n) is 5.44. The van der Waals surface area contributed by atoms with Crippen molar-refractivity contribution in [1.82, 2.24) is 0 Å². The summed E-state index contributed by atoms with van der Waals surface area (Å²) in [5.74, 6) is 6.63. The van der Waals surface area contributed by atoms with Gasteiger partial charge in [0.15, 0.2) is 0 Å². The molecule has 1 aromatic heterocycles. The molecule has 0 aliphatic rings. The molecule has 31 heavy (non-hydrogen) atoms. The number of thiophene rings is 1. The van der Waals surface area contributed by atoms with Crippen LogP contribution in [0.25, 0.3) is 21.2 Å². The molecule has 5 rings (SSSR count). The van der Waals surface area contributed by atoms with Crippen LogP contribution in [0.5, 0.6) is 0 Å². The maximum absolute atomic E-state index is 3.32. The van der Waals surface area contributed by atoms with Gasteiger partial charge in [-0.3, -0.25) is 0 Å². The van der Waals surface area contributed by atoms with Gasteiger partial charge in [-0.2, -0.15) is 0 Å². The zero-order valence-corrected chi connectivity index (χ0v) is 18.0. The Hall–Kier alpha value is -3.60. The average Bonchev–Trinajstić information content (AvgIpc) is 3.35. The maximum Gasteiger partial charge on any atom is 0.0344 e. The molecule has 0 atom stereocenters. The summed E-state index contributed by atoms with van der Waals surface area (Å²) in [5, 5.41) is 4.63. The van der Waals surface area contributed by atoms with Crippen molar-refractivity contribution in [1.29, 1.82) is 0 Å². The third kappa shape index (κ3) is 4.77. The minimum atomic E-state index is 0.778. The van der Waals surface area contributed by atoms with Crippen molar-refractivity contribution in [3.8, 4) is 22.3 Å². The fraction of sp³-hybridized carbons (Fsp3) is 0.0667. The van der Waals surface area contributed by atoms with Gasteiger partial charge in [0.2, 0.25) is 0 Å². The quantitative estimate of drug-likeness (QED) is 0.264. The largest absolute Gasteiger partial charge is 0.144 e. The second-order valence-corrected chi connectivity index (χ2v) is 8.66. The lowest BCUT2D eigenvalue weighted by molar-refractivity contribution is 1.20. The first-order chi connectivity index (χ1) is 15.3. The number of hydrogen-bond donors (Lipinski definition) is 0. The molecule has 0 amide bonds. The Kier molecular flexibility index (Phi) is 5.65. The monoisotopic (exact) mass is 414 g/mol. The van der Waals surface area contributed by atoms with Gasteiger partial charge in [0.1, 0.15) is 0 Å². The predicted octanol–water partition coefficient (Wildman–Crippen LogP) is 7.75. The van der Waals surface area contributed by atoms with Gasteiger partial charge in [0.05, 0.1) is 0 Å². The summed E-state index contributed by atoms with van der Waals surface area (Å²) in [7, 11) is 0. The lowest BCUT2D eigenvalue weighted by atomic mass is 9.99. The van der Waals surface area contributed by atoms with Gasteiger partial charge in [0, 0.05) is 16.9 Å². The summed E-state index contributed by atoms with van der Waals surface area (Å²) in [6.07, 6.45) is 1.71. The third-order valence-corrected chi connectivity index (χ3v) is 6.36. The number of hydrogen-bond acceptors (Lipinski definition) is 1. The minimum Gasteiger partial charge on any atom is -0.144 e. The zero-order valence-electron chi connectivity index (χ0n) is 17.2. The smallest absolute Gasteiger partial charge is 0.0344 e. The Morgan fingerprint density at radius 1 is 0.613 bits per heavy atom. The Balaban J connectivity index is 1.33. The first-order valence-corrected chi connectivity index (χ1v) is 11.4. The van der Waals surface area contributed by atoms with E-state index in [1.807, 2.05) is 6.07 Å². The van der Waals surface area contributed by atoms with E-state index < -0.39 is 0 Å². The number of benzene rings is 4. The van der Waals surface area contributed by atoms with Crippen LogP contribution in [0.1, 0.15) is 22.3 Å². The molecule has 0 aliphatic heterocycles. The van der Waals surface area contributed by atoms with Crippen LogP contribution in [0.4, 0.5) is 0 Å². The summed E-state index contributed by atoms with van der Waals surface area (Å²) >= 11 is 1.78. The van der Waals surface area contributed by atoms with E-state index in [-0.39, 0.29) is 0 Å². The van der Waals surface area contributed by atoms with Gasteiger partial charge in [0.25, 0.3) is 0 Å². The van der Waals surface area contributed by atoms with E-state index in [9.17, 15) is 0 Å². The highest BCUT2D eigenvalue weighted by molar-refractivity contribution is 7.13. The second-order valence-electron chi connectivity index (χ2n) is 7.71. The van der Waals surface area contributed by atoms with Crippen molar-refractivity contribution in [2.24, 2.45) is 0 Å². The molecule has 0 aliphatic carbocycles. The van der Waals surface area contributed by atoms with Crippen LogP contribution in [0.15, 0.2) is 109 Å². The Labute approximate surface area is 187 Å². The zero-order chi connectivity index (χ0) is 20.9. The van der Waals surface area contributed by atoms with Crippen LogP contribution in [-0.2, 0) is 12.8 Å². The second kappa shape index (κ2) is 9.04. The molecule has 1 heteroatoms. The van der Waals surface area contributed by atoms with Crippen LogP contribution in [0.2, 0.25) is 0 Å². The molecule has 0 N–H and O–H groups in total. The fourth-order valence-corrected chi connectivity index (χ4v) is 4.53. The molecule has 0 nitrogen and oxygen atoms in total. The molecule has 5 aromatic rings. The molecule has 148 valence electrons. The fourth-order valence-electron chi connectivity index (χ4n) is 3.79. The molecule has 0 bridgehead atoms. The van der Waals surface area contributed by atoms with E-state index in [2.05, 4.69) is 114 Å². The van der Waals surface area contributed by atoms with Crippen LogP contribution in [-0.4, -0.2) is 0 Å². The van der Waals surface area contributed by atoms with Gasteiger partial charge >= 0.3 is 0 Å². The molecule has 0 spiro atoms. The molecule has 0 unspecified atom stereocenters. The van der Waals surface area contributed by atoms with E-state index in [1.165, 1.54) is 37.9 Å². The average molecular weight is 415 g/mol. The number of fused-ring (bicyclic) bond motifs is 1. The first-order valence-electron chi connectivity index (χ1n) is 10.5. The lowest BCUT2D eigenvalue weighted by Gasteiger charge is -2.06. The van der Waals surface area contributed by atoms with Gasteiger partial charge in [-0.25, -0.2) is 0 Å².